The number of likely N-dealkylation sites (tertiary alicyclic amines) is 1. The summed E-state index contributed by atoms with van der Waals surface area (Å²) in [6.07, 6.45) is 3.75. The van der Waals surface area contributed by atoms with Gasteiger partial charge >= 0.3 is 0 Å². The summed E-state index contributed by atoms with van der Waals surface area (Å²) in [6.45, 7) is 3.06. The first-order valence-electron chi connectivity index (χ1n) is 4.61. The molecule has 0 bridgehead atoms. The van der Waals surface area contributed by atoms with E-state index in [2.05, 4.69) is 6.92 Å². The van der Waals surface area contributed by atoms with Crippen LogP contribution in [0.25, 0.3) is 0 Å². The molecule has 0 spiro atoms. The molecule has 12 heavy (non-hydrogen) atoms. The molecule has 1 saturated heterocycles. The first-order chi connectivity index (χ1) is 5.75. The average Bonchev–Trinajstić information content (AvgIpc) is 2.47. The molecule has 1 aliphatic rings. The number of hydrogen-bond donors (Lipinski definition) is 0. The Bertz CT molecular complexity index is 161. The number of hydrogen-bond acceptors (Lipinski definition) is 1. The van der Waals surface area contributed by atoms with Gasteiger partial charge in [-0.2, -0.15) is 0 Å². The molecule has 0 radical (unpaired) electrons. The highest BCUT2D eigenvalue weighted by atomic mass is 35.5. The van der Waals surface area contributed by atoms with E-state index in [1.807, 2.05) is 4.90 Å². The molecule has 0 aliphatic carbocycles. The molecule has 1 aliphatic heterocycles. The Hall–Kier alpha value is -0.240. The van der Waals surface area contributed by atoms with Crippen LogP contribution in [0.2, 0.25) is 0 Å². The quantitative estimate of drug-likeness (QED) is 0.623. The van der Waals surface area contributed by atoms with Gasteiger partial charge in [0.25, 0.3) is 0 Å². The summed E-state index contributed by atoms with van der Waals surface area (Å²) in [5, 5.41) is 0. The van der Waals surface area contributed by atoms with Crippen LogP contribution >= 0.6 is 11.6 Å². The maximum absolute atomic E-state index is 11.5. The Balaban J connectivity index is 2.30. The van der Waals surface area contributed by atoms with Crippen LogP contribution in [0.15, 0.2) is 0 Å². The van der Waals surface area contributed by atoms with Gasteiger partial charge in [0, 0.05) is 24.9 Å². The standard InChI is InChI=1S/C9H16ClNO/c1-8-4-3-7-11(8)9(12)5-2-6-10/h8H,2-7H2,1H3. The zero-order valence-corrected chi connectivity index (χ0v) is 8.31. The molecule has 1 fully saturated rings. The number of halogens is 1. The van der Waals surface area contributed by atoms with E-state index in [0.717, 1.165) is 25.8 Å². The zero-order valence-electron chi connectivity index (χ0n) is 7.55. The van der Waals surface area contributed by atoms with Crippen molar-refractivity contribution in [3.63, 3.8) is 0 Å². The van der Waals surface area contributed by atoms with Crippen molar-refractivity contribution in [2.24, 2.45) is 0 Å². The van der Waals surface area contributed by atoms with Crippen molar-refractivity contribution < 1.29 is 4.79 Å². The van der Waals surface area contributed by atoms with Gasteiger partial charge in [-0.15, -0.1) is 11.6 Å². The Morgan fingerprint density at radius 3 is 2.92 bits per heavy atom. The van der Waals surface area contributed by atoms with Gasteiger partial charge in [-0.05, 0) is 26.2 Å². The zero-order chi connectivity index (χ0) is 8.97. The van der Waals surface area contributed by atoms with Gasteiger partial charge in [-0.3, -0.25) is 4.79 Å². The van der Waals surface area contributed by atoms with Crippen molar-refractivity contribution in [1.29, 1.82) is 0 Å². The number of carbonyl (C=O) groups is 1. The van der Waals surface area contributed by atoms with Gasteiger partial charge < -0.3 is 4.90 Å². The molecule has 0 N–H and O–H groups in total. The van der Waals surface area contributed by atoms with Gasteiger partial charge in [0.05, 0.1) is 0 Å². The molecular formula is C9H16ClNO. The van der Waals surface area contributed by atoms with Crippen molar-refractivity contribution in [2.75, 3.05) is 12.4 Å². The fourth-order valence-electron chi connectivity index (χ4n) is 1.67. The largest absolute Gasteiger partial charge is 0.340 e. The van der Waals surface area contributed by atoms with Crippen LogP contribution in [-0.2, 0) is 4.79 Å². The highest BCUT2D eigenvalue weighted by Crippen LogP contribution is 2.17. The average molecular weight is 190 g/mol. The second kappa shape index (κ2) is 4.70. The number of nitrogens with zero attached hydrogens (tertiary/aromatic N) is 1. The third kappa shape index (κ3) is 2.37. The van der Waals surface area contributed by atoms with Gasteiger partial charge in [-0.25, -0.2) is 0 Å². The third-order valence-electron chi connectivity index (χ3n) is 2.40. The third-order valence-corrected chi connectivity index (χ3v) is 2.66. The van der Waals surface area contributed by atoms with Crippen LogP contribution in [0.3, 0.4) is 0 Å². The molecule has 0 saturated carbocycles. The first-order valence-corrected chi connectivity index (χ1v) is 5.14. The van der Waals surface area contributed by atoms with Crippen molar-refractivity contribution in [1.82, 2.24) is 4.90 Å². The van der Waals surface area contributed by atoms with E-state index in [4.69, 9.17) is 11.6 Å². The predicted molar refractivity (Wildman–Crippen MR) is 50.4 cm³/mol. The topological polar surface area (TPSA) is 20.3 Å². The predicted octanol–water partition coefficient (Wildman–Crippen LogP) is 2.02. The lowest BCUT2D eigenvalue weighted by Gasteiger charge is -2.20. The SMILES string of the molecule is CC1CCCN1C(=O)CCCCl. The van der Waals surface area contributed by atoms with E-state index < -0.39 is 0 Å². The summed E-state index contributed by atoms with van der Waals surface area (Å²) < 4.78 is 0. The Labute approximate surface area is 78.9 Å². The van der Waals surface area contributed by atoms with Crippen molar-refractivity contribution in [3.05, 3.63) is 0 Å². The summed E-state index contributed by atoms with van der Waals surface area (Å²) in [4.78, 5) is 13.5. The fourth-order valence-corrected chi connectivity index (χ4v) is 1.80. The second-order valence-electron chi connectivity index (χ2n) is 3.37. The summed E-state index contributed by atoms with van der Waals surface area (Å²) in [6, 6.07) is 0.452. The lowest BCUT2D eigenvalue weighted by molar-refractivity contribution is -0.131. The number of alkyl halides is 1. The number of rotatable bonds is 3. The maximum Gasteiger partial charge on any atom is 0.222 e. The highest BCUT2D eigenvalue weighted by Gasteiger charge is 2.23. The Morgan fingerprint density at radius 1 is 1.67 bits per heavy atom. The summed E-state index contributed by atoms with van der Waals surface area (Å²) >= 11 is 5.52. The Morgan fingerprint density at radius 2 is 2.42 bits per heavy atom. The molecule has 2 nitrogen and oxygen atoms in total. The summed E-state index contributed by atoms with van der Waals surface area (Å²) in [5.74, 6) is 0.870. The van der Waals surface area contributed by atoms with Crippen LogP contribution in [-0.4, -0.2) is 29.3 Å². The molecule has 1 amide bonds. The normalized spacial score (nSPS) is 23.2. The fraction of sp³-hybridized carbons (Fsp3) is 0.889. The van der Waals surface area contributed by atoms with E-state index >= 15 is 0 Å². The van der Waals surface area contributed by atoms with E-state index in [1.165, 1.54) is 0 Å². The molecule has 0 aromatic heterocycles. The molecule has 1 atom stereocenters. The van der Waals surface area contributed by atoms with E-state index in [1.54, 1.807) is 0 Å². The summed E-state index contributed by atoms with van der Waals surface area (Å²) in [5.41, 5.74) is 0. The first kappa shape index (κ1) is 9.85. The molecule has 1 heterocycles. The van der Waals surface area contributed by atoms with Crippen LogP contribution in [0, 0.1) is 0 Å². The minimum atomic E-state index is 0.278. The van der Waals surface area contributed by atoms with Crippen molar-refractivity contribution >= 4 is 17.5 Å². The van der Waals surface area contributed by atoms with E-state index in [-0.39, 0.29) is 5.91 Å². The minimum Gasteiger partial charge on any atom is -0.340 e. The molecule has 3 heteroatoms. The molecule has 1 unspecified atom stereocenters. The van der Waals surface area contributed by atoms with Gasteiger partial charge in [0.15, 0.2) is 0 Å². The van der Waals surface area contributed by atoms with Crippen LogP contribution in [0.5, 0.6) is 0 Å². The van der Waals surface area contributed by atoms with Crippen LogP contribution < -0.4 is 0 Å². The van der Waals surface area contributed by atoms with Crippen LogP contribution in [0.4, 0.5) is 0 Å². The van der Waals surface area contributed by atoms with Gasteiger partial charge in [0.2, 0.25) is 5.91 Å². The molecule has 0 aromatic carbocycles. The smallest absolute Gasteiger partial charge is 0.222 e. The van der Waals surface area contributed by atoms with Gasteiger partial charge in [0.1, 0.15) is 0 Å². The lowest BCUT2D eigenvalue weighted by Crippen LogP contribution is -2.33. The molecule has 70 valence electrons. The Kier molecular flexibility index (Phi) is 3.86. The van der Waals surface area contributed by atoms with Crippen LogP contribution in [0.1, 0.15) is 32.6 Å². The van der Waals surface area contributed by atoms with E-state index in [9.17, 15) is 4.79 Å². The second-order valence-corrected chi connectivity index (χ2v) is 3.75. The number of amides is 1. The number of carbonyl (C=O) groups excluding carboxylic acids is 1. The molecular weight excluding hydrogens is 174 g/mol. The minimum absolute atomic E-state index is 0.278. The monoisotopic (exact) mass is 189 g/mol. The van der Waals surface area contributed by atoms with E-state index in [0.29, 0.717) is 18.3 Å². The van der Waals surface area contributed by atoms with Crippen molar-refractivity contribution in [2.45, 2.75) is 38.6 Å². The lowest BCUT2D eigenvalue weighted by atomic mass is 10.2. The van der Waals surface area contributed by atoms with Crippen molar-refractivity contribution in [3.8, 4) is 0 Å². The molecule has 0 aromatic rings. The van der Waals surface area contributed by atoms with Gasteiger partial charge in [-0.1, -0.05) is 0 Å². The highest BCUT2D eigenvalue weighted by molar-refractivity contribution is 6.17. The summed E-state index contributed by atoms with van der Waals surface area (Å²) in [7, 11) is 0. The molecule has 1 rings (SSSR count). The maximum atomic E-state index is 11.5.